The van der Waals surface area contributed by atoms with Gasteiger partial charge in [0.1, 0.15) is 0 Å². The van der Waals surface area contributed by atoms with Crippen LogP contribution in [-0.2, 0) is 0 Å². The van der Waals surface area contributed by atoms with Crippen molar-refractivity contribution < 1.29 is 0 Å². The molecule has 7 heavy (non-hydrogen) atoms. The Labute approximate surface area is 58.4 Å². The molecule has 1 rings (SSSR count). The molecule has 0 aromatic heterocycles. The molecule has 0 unspecified atom stereocenters. The zero-order chi connectivity index (χ0) is 5.11. The van der Waals surface area contributed by atoms with E-state index in [1.807, 2.05) is 6.07 Å². The van der Waals surface area contributed by atoms with Crippen LogP contribution in [0, 0.1) is 0 Å². The Bertz CT molecular complexity index is 134. The molecule has 0 amide bonds. The third-order valence-electron chi connectivity index (χ3n) is 0.756. The van der Waals surface area contributed by atoms with E-state index < -0.39 is 0 Å². The van der Waals surface area contributed by atoms with Crippen molar-refractivity contribution in [3.05, 3.63) is 30.3 Å². The standard InChI is InChI=1S/C6H5.Bi/c1-2-4-6-5-3-1;/h1-5H;/q;+2. The van der Waals surface area contributed by atoms with E-state index in [-0.39, 0.29) is 0 Å². The topological polar surface area (TPSA) is 0 Å². The van der Waals surface area contributed by atoms with E-state index in [0.717, 1.165) is 0 Å². The van der Waals surface area contributed by atoms with Crippen molar-refractivity contribution in [1.82, 2.24) is 0 Å². The van der Waals surface area contributed by atoms with Gasteiger partial charge in [-0.25, -0.2) is 0 Å². The molecule has 0 aliphatic rings. The van der Waals surface area contributed by atoms with Gasteiger partial charge in [0.15, 0.2) is 0 Å². The maximum absolute atomic E-state index is 2.13. The summed E-state index contributed by atoms with van der Waals surface area (Å²) in [5.41, 5.74) is 0. The number of hydrogen-bond acceptors (Lipinski definition) is 0. The fraction of sp³-hybridized carbons (Fsp3) is 0. The van der Waals surface area contributed by atoms with Gasteiger partial charge < -0.3 is 0 Å². The molecule has 0 nitrogen and oxygen atoms in total. The van der Waals surface area contributed by atoms with Crippen molar-refractivity contribution in [2.75, 3.05) is 0 Å². The first-order valence-electron chi connectivity index (χ1n) is 2.13. The van der Waals surface area contributed by atoms with Gasteiger partial charge in [-0.2, -0.15) is 0 Å². The van der Waals surface area contributed by atoms with Crippen LogP contribution in [-0.4, -0.2) is 24.7 Å². The van der Waals surface area contributed by atoms with Gasteiger partial charge in [0.25, 0.3) is 0 Å². The molecule has 0 aliphatic carbocycles. The molecule has 0 bridgehead atoms. The van der Waals surface area contributed by atoms with Crippen LogP contribution in [0.2, 0.25) is 0 Å². The zero-order valence-electron chi connectivity index (χ0n) is 3.83. The van der Waals surface area contributed by atoms with Crippen LogP contribution >= 0.6 is 0 Å². The van der Waals surface area contributed by atoms with Gasteiger partial charge in [-0.15, -0.1) is 0 Å². The first kappa shape index (κ1) is 5.24. The Morgan fingerprint density at radius 1 is 1.00 bits per heavy atom. The summed E-state index contributed by atoms with van der Waals surface area (Å²) < 4.78 is 1.43. The summed E-state index contributed by atoms with van der Waals surface area (Å²) in [6, 6.07) is 10.4. The van der Waals surface area contributed by atoms with Gasteiger partial charge in [-0.3, -0.25) is 0 Å². The predicted molar refractivity (Wildman–Crippen MR) is 31.8 cm³/mol. The van der Waals surface area contributed by atoms with Crippen molar-refractivity contribution in [2.24, 2.45) is 0 Å². The van der Waals surface area contributed by atoms with Crippen LogP contribution in [0.3, 0.4) is 0 Å². The van der Waals surface area contributed by atoms with Crippen LogP contribution in [0.15, 0.2) is 30.3 Å². The summed E-state index contributed by atoms with van der Waals surface area (Å²) in [5, 5.41) is 0. The molecule has 2 radical (unpaired) electrons. The molecule has 32 valence electrons. The molecular formula is C6H5Bi+2. The molecule has 0 heterocycles. The first-order chi connectivity index (χ1) is 3.39. The van der Waals surface area contributed by atoms with E-state index in [1.165, 1.54) is 28.0 Å². The minimum absolute atomic E-state index is 1.36. The summed E-state index contributed by atoms with van der Waals surface area (Å²) in [6.07, 6.45) is 0. The summed E-state index contributed by atoms with van der Waals surface area (Å²) in [7, 11) is 0. The van der Waals surface area contributed by atoms with Crippen LogP contribution in [0.4, 0.5) is 0 Å². The van der Waals surface area contributed by atoms with Gasteiger partial charge in [0, 0.05) is 0 Å². The minimum atomic E-state index is 1.36. The summed E-state index contributed by atoms with van der Waals surface area (Å²) in [5.74, 6) is 0. The molecule has 0 spiro atoms. The number of benzene rings is 1. The first-order valence-corrected chi connectivity index (χ1v) is 3.87. The summed E-state index contributed by atoms with van der Waals surface area (Å²) in [6.45, 7) is 0. The molecule has 1 aromatic carbocycles. The fourth-order valence-corrected chi connectivity index (χ4v) is 1.10. The molecule has 0 saturated carbocycles. The molecule has 1 aromatic rings. The maximum atomic E-state index is 2.13. The fourth-order valence-electron chi connectivity index (χ4n) is 0.428. The van der Waals surface area contributed by atoms with Gasteiger partial charge >= 0.3 is 58.3 Å². The van der Waals surface area contributed by atoms with E-state index in [4.69, 9.17) is 0 Å². The van der Waals surface area contributed by atoms with Gasteiger partial charge in [-0.1, -0.05) is 0 Å². The van der Waals surface area contributed by atoms with Crippen molar-refractivity contribution >= 4 is 28.0 Å². The summed E-state index contributed by atoms with van der Waals surface area (Å²) >= 11 is 1.36. The Hall–Kier alpha value is 0.103. The number of rotatable bonds is 0. The van der Waals surface area contributed by atoms with E-state index in [0.29, 0.717) is 0 Å². The molecule has 0 saturated heterocycles. The van der Waals surface area contributed by atoms with Crippen molar-refractivity contribution in [2.45, 2.75) is 0 Å². The second-order valence-corrected chi connectivity index (χ2v) is 3.34. The molecular weight excluding hydrogens is 281 g/mol. The Kier molecular flexibility index (Phi) is 1.81. The van der Waals surface area contributed by atoms with Crippen LogP contribution in [0.25, 0.3) is 0 Å². The Morgan fingerprint density at radius 3 is 1.86 bits per heavy atom. The predicted octanol–water partition coefficient (Wildman–Crippen LogP) is 0.480. The quantitative estimate of drug-likeness (QED) is 0.609. The number of hydrogen-bond donors (Lipinski definition) is 0. The molecule has 0 fully saturated rings. The molecule has 0 N–H and O–H groups in total. The van der Waals surface area contributed by atoms with Crippen molar-refractivity contribution in [1.29, 1.82) is 0 Å². The van der Waals surface area contributed by atoms with Gasteiger partial charge in [-0.05, 0) is 0 Å². The van der Waals surface area contributed by atoms with Crippen LogP contribution in [0.5, 0.6) is 0 Å². The van der Waals surface area contributed by atoms with Gasteiger partial charge in [0.05, 0.1) is 0 Å². The van der Waals surface area contributed by atoms with Crippen LogP contribution < -0.4 is 3.27 Å². The van der Waals surface area contributed by atoms with E-state index in [2.05, 4.69) is 24.3 Å². The third-order valence-corrected chi connectivity index (χ3v) is 1.92. The average molecular weight is 286 g/mol. The molecule has 1 heteroatoms. The normalized spacial score (nSPS) is 8.57. The van der Waals surface area contributed by atoms with Crippen molar-refractivity contribution in [3.8, 4) is 0 Å². The van der Waals surface area contributed by atoms with Crippen LogP contribution in [0.1, 0.15) is 0 Å². The van der Waals surface area contributed by atoms with Crippen molar-refractivity contribution in [3.63, 3.8) is 0 Å². The third kappa shape index (κ3) is 1.56. The monoisotopic (exact) mass is 286 g/mol. The van der Waals surface area contributed by atoms with E-state index >= 15 is 0 Å². The second-order valence-electron chi connectivity index (χ2n) is 1.34. The van der Waals surface area contributed by atoms with E-state index in [1.54, 1.807) is 0 Å². The second kappa shape index (κ2) is 2.42. The van der Waals surface area contributed by atoms with E-state index in [9.17, 15) is 0 Å². The summed E-state index contributed by atoms with van der Waals surface area (Å²) in [4.78, 5) is 0. The SMILES string of the molecule is [Bi+2][c]1ccccc1. The van der Waals surface area contributed by atoms with Gasteiger partial charge in [0.2, 0.25) is 0 Å². The Morgan fingerprint density at radius 2 is 1.57 bits per heavy atom. The molecule has 0 atom stereocenters. The molecule has 0 aliphatic heterocycles. The average Bonchev–Trinajstić information content (AvgIpc) is 1.69. The zero-order valence-corrected chi connectivity index (χ0v) is 7.31. The Balaban J connectivity index is 3.02.